The monoisotopic (exact) mass is 670 g/mol. The summed E-state index contributed by atoms with van der Waals surface area (Å²) in [5, 5.41) is 7.92. The molecular weight excluding hydrogens is 646 g/mol. The Bertz CT molecular complexity index is 1520. The van der Waals surface area contributed by atoms with Crippen molar-refractivity contribution in [2.75, 3.05) is 14.2 Å². The van der Waals surface area contributed by atoms with Gasteiger partial charge in [0, 0.05) is 5.56 Å². The average molecular weight is 671 g/mol. The molecule has 0 saturated carbocycles. The van der Waals surface area contributed by atoms with Crippen LogP contribution >= 0.6 is 11.6 Å². The molecule has 0 saturated heterocycles. The van der Waals surface area contributed by atoms with E-state index in [4.69, 9.17) is 35.7 Å². The van der Waals surface area contributed by atoms with Gasteiger partial charge in [0.25, 0.3) is 5.24 Å². The Kier molecular flexibility index (Phi) is 11.9. The fourth-order valence-corrected chi connectivity index (χ4v) is 4.03. The maximum absolute atomic E-state index is 13.2. The number of methoxy groups -OCH3 is 2. The summed E-state index contributed by atoms with van der Waals surface area (Å²) in [5.41, 5.74) is -1.78. The number of benzene rings is 4. The van der Waals surface area contributed by atoms with Crippen LogP contribution in [0.1, 0.15) is 43.0 Å². The molecule has 0 spiro atoms. The van der Waals surface area contributed by atoms with Crippen molar-refractivity contribution in [2.45, 2.75) is 25.6 Å². The Morgan fingerprint density at radius 3 is 1.35 bits per heavy atom. The van der Waals surface area contributed by atoms with Crippen LogP contribution < -0.4 is 18.9 Å². The van der Waals surface area contributed by atoms with Gasteiger partial charge in [-0.25, -0.2) is 4.79 Å². The summed E-state index contributed by atoms with van der Waals surface area (Å²) in [7, 11) is 2.34. The minimum Gasteiger partial charge on any atom is -0.493 e. The molecule has 0 unspecified atom stereocenters. The van der Waals surface area contributed by atoms with Gasteiger partial charge in [-0.2, -0.15) is 26.3 Å². The van der Waals surface area contributed by atoms with Gasteiger partial charge in [0.2, 0.25) is 0 Å². The van der Waals surface area contributed by atoms with Crippen LogP contribution in [0.25, 0.3) is 0 Å². The first-order valence-corrected chi connectivity index (χ1v) is 13.4. The standard InChI is InChI=1S/C16H12ClF3O3.C16H13F3O4/c1-22-13-8-11(15(17)21)7-12(16(18,19)20)14(13)23-9-10-5-3-2-4-6-10;1-22-13-8-11(15(20)21)7-12(16(17,18)19)14(13)23-9-10-5-3-2-4-6-10/h2-8H,9H2,1H3;2-8H,9H2,1H3,(H,20,21). The summed E-state index contributed by atoms with van der Waals surface area (Å²) < 4.78 is 99.7. The maximum Gasteiger partial charge on any atom is 0.420 e. The quantitative estimate of drug-likeness (QED) is 0.133. The lowest BCUT2D eigenvalue weighted by molar-refractivity contribution is -0.140. The maximum atomic E-state index is 13.2. The molecule has 244 valence electrons. The van der Waals surface area contributed by atoms with Crippen LogP contribution in [-0.4, -0.2) is 30.5 Å². The molecule has 0 aliphatic carbocycles. The predicted molar refractivity (Wildman–Crippen MR) is 155 cm³/mol. The van der Waals surface area contributed by atoms with E-state index in [9.17, 15) is 35.9 Å². The number of carboxylic acids is 1. The van der Waals surface area contributed by atoms with Gasteiger partial charge < -0.3 is 24.1 Å². The fourth-order valence-electron chi connectivity index (χ4n) is 3.92. The molecule has 4 rings (SSSR count). The molecule has 0 atom stereocenters. The first kappa shape index (κ1) is 35.6. The molecule has 14 heteroatoms. The Morgan fingerprint density at radius 2 is 1.02 bits per heavy atom. The molecule has 0 heterocycles. The lowest BCUT2D eigenvalue weighted by Crippen LogP contribution is -2.12. The number of ether oxygens (including phenoxy) is 4. The predicted octanol–water partition coefficient (Wildman–Crippen LogP) is 8.66. The summed E-state index contributed by atoms with van der Waals surface area (Å²) in [6.07, 6.45) is -9.49. The highest BCUT2D eigenvalue weighted by Crippen LogP contribution is 2.44. The highest BCUT2D eigenvalue weighted by atomic mass is 35.5. The van der Waals surface area contributed by atoms with Crippen molar-refractivity contribution in [1.82, 2.24) is 0 Å². The van der Waals surface area contributed by atoms with Gasteiger partial charge in [-0.3, -0.25) is 4.79 Å². The number of carboxylic acid groups (broad SMARTS) is 1. The van der Waals surface area contributed by atoms with Crippen LogP contribution in [0.4, 0.5) is 26.3 Å². The van der Waals surface area contributed by atoms with E-state index in [1.807, 2.05) is 0 Å². The van der Waals surface area contributed by atoms with Crippen molar-refractivity contribution >= 4 is 22.8 Å². The molecule has 4 aromatic carbocycles. The number of carbonyl (C=O) groups excluding carboxylic acids is 1. The zero-order valence-electron chi connectivity index (χ0n) is 24.0. The molecule has 7 nitrogen and oxygen atoms in total. The molecule has 4 aromatic rings. The van der Waals surface area contributed by atoms with Crippen molar-refractivity contribution < 1.29 is 60.0 Å². The molecule has 0 aliphatic rings. The number of alkyl halides is 6. The molecule has 46 heavy (non-hydrogen) atoms. The third-order valence-corrected chi connectivity index (χ3v) is 6.30. The van der Waals surface area contributed by atoms with E-state index in [1.165, 1.54) is 7.11 Å². The van der Waals surface area contributed by atoms with Gasteiger partial charge in [0.1, 0.15) is 24.3 Å². The lowest BCUT2D eigenvalue weighted by atomic mass is 10.1. The average Bonchev–Trinajstić information content (AvgIpc) is 3.02. The number of rotatable bonds is 10. The smallest absolute Gasteiger partial charge is 0.420 e. The Hall–Kier alpha value is -4.91. The summed E-state index contributed by atoms with van der Waals surface area (Å²) in [6.45, 7) is -0.179. The number of hydrogen-bond donors (Lipinski definition) is 1. The Labute approximate surface area is 263 Å². The molecule has 0 bridgehead atoms. The second-order valence-electron chi connectivity index (χ2n) is 9.23. The van der Waals surface area contributed by atoms with Gasteiger partial charge in [-0.1, -0.05) is 60.7 Å². The lowest BCUT2D eigenvalue weighted by Gasteiger charge is -2.18. The van der Waals surface area contributed by atoms with Crippen LogP contribution in [0.3, 0.4) is 0 Å². The summed E-state index contributed by atoms with van der Waals surface area (Å²) in [4.78, 5) is 22.2. The van der Waals surface area contributed by atoms with Crippen LogP contribution in [0, 0.1) is 0 Å². The van der Waals surface area contributed by atoms with E-state index in [0.29, 0.717) is 23.3 Å². The molecule has 0 fully saturated rings. The fraction of sp³-hybridized carbons (Fsp3) is 0.188. The third-order valence-electron chi connectivity index (χ3n) is 6.09. The second-order valence-corrected chi connectivity index (χ2v) is 9.58. The first-order valence-electron chi connectivity index (χ1n) is 13.0. The van der Waals surface area contributed by atoms with Gasteiger partial charge in [-0.15, -0.1) is 0 Å². The van der Waals surface area contributed by atoms with E-state index in [2.05, 4.69) is 0 Å². The van der Waals surface area contributed by atoms with Crippen LogP contribution in [0.2, 0.25) is 0 Å². The zero-order valence-corrected chi connectivity index (χ0v) is 24.8. The summed E-state index contributed by atoms with van der Waals surface area (Å²) in [6, 6.07) is 20.6. The van der Waals surface area contributed by atoms with Crippen molar-refractivity contribution in [3.05, 3.63) is 118 Å². The van der Waals surface area contributed by atoms with Gasteiger partial charge in [-0.05, 0) is 47.0 Å². The zero-order chi connectivity index (χ0) is 34.1. The molecule has 0 aliphatic heterocycles. The highest BCUT2D eigenvalue weighted by Gasteiger charge is 2.38. The number of halogens is 7. The van der Waals surface area contributed by atoms with Crippen molar-refractivity contribution in [1.29, 1.82) is 0 Å². The van der Waals surface area contributed by atoms with Crippen LogP contribution in [0.15, 0.2) is 84.9 Å². The van der Waals surface area contributed by atoms with E-state index >= 15 is 0 Å². The molecule has 0 amide bonds. The van der Waals surface area contributed by atoms with E-state index in [-0.39, 0.29) is 30.3 Å². The van der Waals surface area contributed by atoms with E-state index in [0.717, 1.165) is 19.2 Å². The normalized spacial score (nSPS) is 11.2. The molecular formula is C32H25ClF6O7. The first-order chi connectivity index (χ1) is 21.6. The Balaban J connectivity index is 0.000000250. The van der Waals surface area contributed by atoms with Crippen molar-refractivity contribution in [3.8, 4) is 23.0 Å². The van der Waals surface area contributed by atoms with Crippen molar-refractivity contribution in [2.24, 2.45) is 0 Å². The molecule has 1 N–H and O–H groups in total. The second kappa shape index (κ2) is 15.4. The third kappa shape index (κ3) is 9.54. The summed E-state index contributed by atoms with van der Waals surface area (Å²) >= 11 is 5.28. The van der Waals surface area contributed by atoms with Crippen LogP contribution in [0.5, 0.6) is 23.0 Å². The van der Waals surface area contributed by atoms with Gasteiger partial charge in [0.05, 0.1) is 19.8 Å². The SMILES string of the molecule is COc1cc(C(=O)Cl)cc(C(F)(F)F)c1OCc1ccccc1.COc1cc(C(=O)O)cc(C(F)(F)F)c1OCc1ccccc1. The molecule has 0 radical (unpaired) electrons. The largest absolute Gasteiger partial charge is 0.493 e. The topological polar surface area (TPSA) is 91.3 Å². The van der Waals surface area contributed by atoms with E-state index < -0.39 is 51.8 Å². The number of aromatic carboxylic acids is 1. The summed E-state index contributed by atoms with van der Waals surface area (Å²) in [5.74, 6) is -2.99. The minimum absolute atomic E-state index is 0.0750. The van der Waals surface area contributed by atoms with Crippen LogP contribution in [-0.2, 0) is 25.6 Å². The number of carbonyl (C=O) groups is 2. The Morgan fingerprint density at radius 1 is 0.652 bits per heavy atom. The van der Waals surface area contributed by atoms with E-state index in [1.54, 1.807) is 60.7 Å². The highest BCUT2D eigenvalue weighted by molar-refractivity contribution is 6.67. The van der Waals surface area contributed by atoms with Gasteiger partial charge in [0.15, 0.2) is 23.0 Å². The minimum atomic E-state index is -4.77. The van der Waals surface area contributed by atoms with Crippen molar-refractivity contribution in [3.63, 3.8) is 0 Å². The van der Waals surface area contributed by atoms with Gasteiger partial charge >= 0.3 is 18.3 Å². The molecule has 0 aromatic heterocycles. The number of hydrogen-bond acceptors (Lipinski definition) is 6.